The van der Waals surface area contributed by atoms with E-state index in [1.54, 1.807) is 0 Å². The van der Waals surface area contributed by atoms with Crippen LogP contribution >= 0.6 is 11.6 Å². The second kappa shape index (κ2) is 7.31. The highest BCUT2D eigenvalue weighted by Gasteiger charge is 2.19. The summed E-state index contributed by atoms with van der Waals surface area (Å²) < 4.78 is 34.1. The molecule has 0 unspecified atom stereocenters. The number of benzene rings is 2. The molecule has 4 rings (SSSR count). The van der Waals surface area contributed by atoms with Gasteiger partial charge in [0, 0.05) is 23.3 Å². The number of halogens is 1. The Hall–Kier alpha value is -2.64. The van der Waals surface area contributed by atoms with Crippen LogP contribution in [0.2, 0.25) is 5.02 Å². The minimum absolute atomic E-state index is 0.0322. The predicted octanol–water partition coefficient (Wildman–Crippen LogP) is 3.70. The molecule has 6 nitrogen and oxygen atoms in total. The summed E-state index contributed by atoms with van der Waals surface area (Å²) in [6, 6.07) is 8.99. The molecule has 0 radical (unpaired) electrons. The lowest BCUT2D eigenvalue weighted by Gasteiger charge is -2.10. The van der Waals surface area contributed by atoms with Crippen molar-refractivity contribution in [3.63, 3.8) is 0 Å². The summed E-state index contributed by atoms with van der Waals surface area (Å²) in [4.78, 5) is 24.4. The van der Waals surface area contributed by atoms with Crippen LogP contribution in [0, 0.1) is 0 Å². The first-order chi connectivity index (χ1) is 13.7. The van der Waals surface area contributed by atoms with Gasteiger partial charge in [-0.05, 0) is 60.7 Å². The van der Waals surface area contributed by atoms with Crippen LogP contribution in [0.15, 0.2) is 50.5 Å². The average Bonchev–Trinajstić information content (AvgIpc) is 3.10. The highest BCUT2D eigenvalue weighted by Crippen LogP contribution is 2.29. The lowest BCUT2D eigenvalue weighted by atomic mass is 10.0. The number of aryl methyl sites for hydroxylation is 2. The molecule has 8 heteroatoms. The Kier molecular flexibility index (Phi) is 4.96. The fourth-order valence-corrected chi connectivity index (χ4v) is 4.37. The summed E-state index contributed by atoms with van der Waals surface area (Å²) in [7, 11) is -3.50. The third-order valence-corrected chi connectivity index (χ3v) is 6.43. The van der Waals surface area contributed by atoms with E-state index < -0.39 is 21.4 Å². The number of rotatable bonds is 4. The zero-order valence-corrected chi connectivity index (χ0v) is 17.1. The monoisotopic (exact) mass is 432 g/mol. The standard InChI is InChI=1S/C21H17ClO6S/c1-29(25,26)15-5-6-18(22)17(10-15)21(24)27-11-14-9-20(23)28-19-8-13-4-2-3-12(13)7-16(14)19/h5-10H,2-4,11H2,1H3. The number of carbonyl (C=O) groups is 1. The summed E-state index contributed by atoms with van der Waals surface area (Å²) in [6.07, 6.45) is 4.00. The van der Waals surface area contributed by atoms with Gasteiger partial charge in [-0.15, -0.1) is 0 Å². The maximum Gasteiger partial charge on any atom is 0.340 e. The molecule has 2 aromatic carbocycles. The Labute approximate surface area is 172 Å². The number of sulfone groups is 1. The molecule has 0 bridgehead atoms. The van der Waals surface area contributed by atoms with Crippen molar-refractivity contribution < 1.29 is 22.4 Å². The molecule has 0 atom stereocenters. The molecular formula is C21H17ClO6S. The maximum absolute atomic E-state index is 12.5. The number of esters is 1. The van der Waals surface area contributed by atoms with Crippen LogP contribution in [0.3, 0.4) is 0 Å². The molecule has 0 amide bonds. The van der Waals surface area contributed by atoms with Gasteiger partial charge in [0.25, 0.3) is 0 Å². The van der Waals surface area contributed by atoms with E-state index in [1.165, 1.54) is 35.4 Å². The topological polar surface area (TPSA) is 90.6 Å². The zero-order valence-electron chi connectivity index (χ0n) is 15.5. The third kappa shape index (κ3) is 3.93. The highest BCUT2D eigenvalue weighted by molar-refractivity contribution is 7.90. The van der Waals surface area contributed by atoms with E-state index in [0.717, 1.165) is 25.5 Å². The predicted molar refractivity (Wildman–Crippen MR) is 108 cm³/mol. The normalized spacial score (nSPS) is 13.4. The van der Waals surface area contributed by atoms with Gasteiger partial charge in [0.05, 0.1) is 15.5 Å². The number of ether oxygens (including phenoxy) is 1. The Bertz CT molecular complexity index is 1310. The molecule has 0 saturated heterocycles. The summed E-state index contributed by atoms with van der Waals surface area (Å²) in [6.45, 7) is -0.168. The zero-order chi connectivity index (χ0) is 20.8. The van der Waals surface area contributed by atoms with Crippen molar-refractivity contribution in [1.82, 2.24) is 0 Å². The van der Waals surface area contributed by atoms with Gasteiger partial charge in [-0.1, -0.05) is 11.6 Å². The molecule has 0 N–H and O–H groups in total. The molecule has 150 valence electrons. The van der Waals surface area contributed by atoms with E-state index >= 15 is 0 Å². The fraction of sp³-hybridized carbons (Fsp3) is 0.238. The van der Waals surface area contributed by atoms with E-state index in [0.29, 0.717) is 16.5 Å². The Balaban J connectivity index is 1.65. The second-order valence-electron chi connectivity index (χ2n) is 7.05. The van der Waals surface area contributed by atoms with Crippen LogP contribution in [0.25, 0.3) is 11.0 Å². The molecule has 0 fully saturated rings. The van der Waals surface area contributed by atoms with Crippen LogP contribution in [0.5, 0.6) is 0 Å². The smallest absolute Gasteiger partial charge is 0.340 e. The van der Waals surface area contributed by atoms with Gasteiger partial charge in [0.15, 0.2) is 9.84 Å². The minimum atomic E-state index is -3.50. The van der Waals surface area contributed by atoms with E-state index in [4.69, 9.17) is 20.8 Å². The lowest BCUT2D eigenvalue weighted by molar-refractivity contribution is 0.0473. The molecule has 1 heterocycles. The molecular weight excluding hydrogens is 416 g/mol. The lowest BCUT2D eigenvalue weighted by Crippen LogP contribution is -2.10. The summed E-state index contributed by atoms with van der Waals surface area (Å²) in [5.41, 5.74) is 2.76. The summed E-state index contributed by atoms with van der Waals surface area (Å²) in [5, 5.41) is 0.798. The molecule has 0 aliphatic heterocycles. The van der Waals surface area contributed by atoms with Gasteiger partial charge in [-0.2, -0.15) is 0 Å². The van der Waals surface area contributed by atoms with Crippen molar-refractivity contribution in [3.05, 3.63) is 74.1 Å². The Morgan fingerprint density at radius 2 is 1.86 bits per heavy atom. The van der Waals surface area contributed by atoms with Crippen molar-refractivity contribution in [2.75, 3.05) is 6.26 Å². The van der Waals surface area contributed by atoms with Crippen LogP contribution < -0.4 is 5.63 Å². The van der Waals surface area contributed by atoms with Crippen molar-refractivity contribution in [1.29, 1.82) is 0 Å². The minimum Gasteiger partial charge on any atom is -0.457 e. The summed E-state index contributed by atoms with van der Waals surface area (Å²) in [5.74, 6) is -0.775. The first kappa shape index (κ1) is 19.7. The van der Waals surface area contributed by atoms with Crippen LogP contribution in [-0.2, 0) is 34.0 Å². The second-order valence-corrected chi connectivity index (χ2v) is 9.47. The summed E-state index contributed by atoms with van der Waals surface area (Å²) >= 11 is 6.05. The van der Waals surface area contributed by atoms with Crippen molar-refractivity contribution >= 4 is 38.4 Å². The molecule has 1 aromatic heterocycles. The molecule has 1 aliphatic rings. The SMILES string of the molecule is CS(=O)(=O)c1ccc(Cl)c(C(=O)OCc2cc(=O)oc3cc4c(cc23)CCC4)c1. The molecule has 29 heavy (non-hydrogen) atoms. The maximum atomic E-state index is 12.5. The van der Waals surface area contributed by atoms with Gasteiger partial charge in [-0.25, -0.2) is 18.0 Å². The number of hydrogen-bond donors (Lipinski definition) is 0. The average molecular weight is 433 g/mol. The van der Waals surface area contributed by atoms with Gasteiger partial charge >= 0.3 is 11.6 Å². The van der Waals surface area contributed by atoms with E-state index in [9.17, 15) is 18.0 Å². The fourth-order valence-electron chi connectivity index (χ4n) is 3.53. The molecule has 0 spiro atoms. The van der Waals surface area contributed by atoms with E-state index in [1.807, 2.05) is 12.1 Å². The van der Waals surface area contributed by atoms with Gasteiger partial charge in [0.1, 0.15) is 12.2 Å². The quantitative estimate of drug-likeness (QED) is 0.461. The van der Waals surface area contributed by atoms with Crippen molar-refractivity contribution in [2.24, 2.45) is 0 Å². The third-order valence-electron chi connectivity index (χ3n) is 4.99. The Morgan fingerprint density at radius 3 is 2.59 bits per heavy atom. The largest absolute Gasteiger partial charge is 0.457 e. The first-order valence-electron chi connectivity index (χ1n) is 8.97. The van der Waals surface area contributed by atoms with Crippen LogP contribution in [0.4, 0.5) is 0 Å². The van der Waals surface area contributed by atoms with E-state index in [-0.39, 0.29) is 22.1 Å². The van der Waals surface area contributed by atoms with Crippen LogP contribution in [-0.4, -0.2) is 20.6 Å². The Morgan fingerprint density at radius 1 is 1.14 bits per heavy atom. The number of fused-ring (bicyclic) bond motifs is 2. The molecule has 0 saturated carbocycles. The van der Waals surface area contributed by atoms with Crippen molar-refractivity contribution in [2.45, 2.75) is 30.8 Å². The van der Waals surface area contributed by atoms with Crippen molar-refractivity contribution in [3.8, 4) is 0 Å². The van der Waals surface area contributed by atoms with E-state index in [2.05, 4.69) is 0 Å². The number of hydrogen-bond acceptors (Lipinski definition) is 6. The van der Waals surface area contributed by atoms with Gasteiger partial charge < -0.3 is 9.15 Å². The first-order valence-corrected chi connectivity index (χ1v) is 11.2. The van der Waals surface area contributed by atoms with Gasteiger partial charge in [0.2, 0.25) is 0 Å². The van der Waals surface area contributed by atoms with Gasteiger partial charge in [-0.3, -0.25) is 0 Å². The highest BCUT2D eigenvalue weighted by atomic mass is 35.5. The molecule has 1 aliphatic carbocycles. The molecule has 3 aromatic rings. The van der Waals surface area contributed by atoms with Crippen LogP contribution in [0.1, 0.15) is 33.5 Å². The number of carbonyl (C=O) groups excluding carboxylic acids is 1.